The quantitative estimate of drug-likeness (QED) is 0.517. The summed E-state index contributed by atoms with van der Waals surface area (Å²) in [4.78, 5) is 6.85. The molecule has 1 fully saturated rings. The number of aliphatic imine (C=N–C) groups is 1. The predicted octanol–water partition coefficient (Wildman–Crippen LogP) is 3.04. The molecule has 0 spiro atoms. The van der Waals surface area contributed by atoms with Crippen molar-refractivity contribution in [2.75, 3.05) is 27.2 Å². The number of phenols is 1. The molecule has 0 atom stereocenters. The lowest BCUT2D eigenvalue weighted by Gasteiger charge is -2.33. The normalized spacial score (nSPS) is 15.9. The van der Waals surface area contributed by atoms with Gasteiger partial charge < -0.3 is 20.5 Å². The van der Waals surface area contributed by atoms with Crippen molar-refractivity contribution < 1.29 is 9.84 Å². The molecule has 2 aromatic carbocycles. The van der Waals surface area contributed by atoms with Gasteiger partial charge in [0.1, 0.15) is 11.5 Å². The first kappa shape index (κ1) is 21.0. The summed E-state index contributed by atoms with van der Waals surface area (Å²) in [5.41, 5.74) is 3.55. The standard InChI is InChI=1S/C23H32N4O2/c1-17-6-4-5-7-18(17)16-27-12-10-20(11-13-27)26-23(24-2)25-15-19-14-21(29-3)8-9-22(19)28/h4-9,14,20,28H,10-13,15-16H2,1-3H3,(H2,24,25,26). The highest BCUT2D eigenvalue weighted by Gasteiger charge is 2.20. The number of likely N-dealkylation sites (tertiary alicyclic amines) is 1. The summed E-state index contributed by atoms with van der Waals surface area (Å²) in [5, 5.41) is 16.9. The summed E-state index contributed by atoms with van der Waals surface area (Å²) in [6.07, 6.45) is 2.16. The lowest BCUT2D eigenvalue weighted by atomic mass is 10.0. The van der Waals surface area contributed by atoms with Crippen LogP contribution in [-0.4, -0.2) is 49.3 Å². The summed E-state index contributed by atoms with van der Waals surface area (Å²) in [6.45, 7) is 5.81. The molecule has 0 aromatic heterocycles. The van der Waals surface area contributed by atoms with Crippen molar-refractivity contribution >= 4 is 5.96 Å². The molecule has 0 unspecified atom stereocenters. The second kappa shape index (κ2) is 10.2. The smallest absolute Gasteiger partial charge is 0.191 e. The van der Waals surface area contributed by atoms with Crippen LogP contribution in [0.15, 0.2) is 47.5 Å². The number of ether oxygens (including phenoxy) is 1. The van der Waals surface area contributed by atoms with Gasteiger partial charge in [0.05, 0.1) is 7.11 Å². The van der Waals surface area contributed by atoms with Gasteiger partial charge in [0, 0.05) is 44.8 Å². The molecule has 29 heavy (non-hydrogen) atoms. The number of hydrogen-bond donors (Lipinski definition) is 3. The second-order valence-electron chi connectivity index (χ2n) is 7.54. The minimum Gasteiger partial charge on any atom is -0.508 e. The molecule has 0 bridgehead atoms. The maximum absolute atomic E-state index is 10.0. The number of piperidine rings is 1. The maximum Gasteiger partial charge on any atom is 0.191 e. The summed E-state index contributed by atoms with van der Waals surface area (Å²) in [5.74, 6) is 1.73. The van der Waals surface area contributed by atoms with Crippen molar-refractivity contribution in [2.24, 2.45) is 4.99 Å². The number of rotatable bonds is 6. The van der Waals surface area contributed by atoms with Gasteiger partial charge in [-0.15, -0.1) is 0 Å². The number of nitrogens with one attached hydrogen (secondary N) is 2. The Hall–Kier alpha value is -2.73. The molecule has 3 N–H and O–H groups in total. The van der Waals surface area contributed by atoms with Crippen LogP contribution in [0.25, 0.3) is 0 Å². The van der Waals surface area contributed by atoms with E-state index < -0.39 is 0 Å². The van der Waals surface area contributed by atoms with Crippen LogP contribution in [-0.2, 0) is 13.1 Å². The van der Waals surface area contributed by atoms with Gasteiger partial charge in [0.2, 0.25) is 0 Å². The van der Waals surface area contributed by atoms with E-state index in [9.17, 15) is 5.11 Å². The van der Waals surface area contributed by atoms with Gasteiger partial charge in [-0.1, -0.05) is 24.3 Å². The average molecular weight is 397 g/mol. The van der Waals surface area contributed by atoms with Crippen LogP contribution in [0.4, 0.5) is 0 Å². The molecule has 1 aliphatic heterocycles. The summed E-state index contributed by atoms with van der Waals surface area (Å²) in [7, 11) is 3.39. The number of aromatic hydroxyl groups is 1. The molecule has 0 radical (unpaired) electrons. The van der Waals surface area contributed by atoms with Crippen molar-refractivity contribution in [3.63, 3.8) is 0 Å². The first-order chi connectivity index (χ1) is 14.1. The molecule has 0 amide bonds. The molecule has 1 heterocycles. The van der Waals surface area contributed by atoms with Crippen molar-refractivity contribution in [1.82, 2.24) is 15.5 Å². The minimum absolute atomic E-state index is 0.248. The van der Waals surface area contributed by atoms with Gasteiger partial charge >= 0.3 is 0 Å². The van der Waals surface area contributed by atoms with Crippen LogP contribution in [0.3, 0.4) is 0 Å². The lowest BCUT2D eigenvalue weighted by Crippen LogP contribution is -2.48. The molecule has 3 rings (SSSR count). The van der Waals surface area contributed by atoms with E-state index in [0.717, 1.165) is 49.7 Å². The van der Waals surface area contributed by atoms with E-state index >= 15 is 0 Å². The first-order valence-electron chi connectivity index (χ1n) is 10.2. The van der Waals surface area contributed by atoms with E-state index in [4.69, 9.17) is 4.74 Å². The van der Waals surface area contributed by atoms with Gasteiger partial charge in [-0.05, 0) is 49.1 Å². The Bertz CT molecular complexity index is 829. The van der Waals surface area contributed by atoms with Crippen LogP contribution in [0.1, 0.15) is 29.5 Å². The highest BCUT2D eigenvalue weighted by Crippen LogP contribution is 2.22. The highest BCUT2D eigenvalue weighted by atomic mass is 16.5. The van der Waals surface area contributed by atoms with Crippen LogP contribution >= 0.6 is 0 Å². The largest absolute Gasteiger partial charge is 0.508 e. The van der Waals surface area contributed by atoms with Crippen molar-refractivity contribution in [3.8, 4) is 11.5 Å². The molecule has 1 saturated heterocycles. The lowest BCUT2D eigenvalue weighted by molar-refractivity contribution is 0.198. The third kappa shape index (κ3) is 5.87. The van der Waals surface area contributed by atoms with Crippen LogP contribution in [0, 0.1) is 6.92 Å². The van der Waals surface area contributed by atoms with E-state index in [1.54, 1.807) is 26.3 Å². The van der Waals surface area contributed by atoms with Crippen LogP contribution in [0.2, 0.25) is 0 Å². The minimum atomic E-state index is 0.248. The summed E-state index contributed by atoms with van der Waals surface area (Å²) in [6, 6.07) is 14.2. The monoisotopic (exact) mass is 396 g/mol. The van der Waals surface area contributed by atoms with Gasteiger partial charge in [-0.3, -0.25) is 9.89 Å². The van der Waals surface area contributed by atoms with Gasteiger partial charge in [-0.25, -0.2) is 0 Å². The van der Waals surface area contributed by atoms with E-state index in [1.807, 2.05) is 6.07 Å². The summed E-state index contributed by atoms with van der Waals surface area (Å²) < 4.78 is 5.24. The Morgan fingerprint density at radius 2 is 1.93 bits per heavy atom. The average Bonchev–Trinajstić information content (AvgIpc) is 2.75. The molecule has 0 saturated carbocycles. The van der Waals surface area contributed by atoms with Crippen molar-refractivity contribution in [1.29, 1.82) is 0 Å². The Labute approximate surface area is 173 Å². The number of nitrogens with zero attached hydrogens (tertiary/aromatic N) is 2. The topological polar surface area (TPSA) is 69.1 Å². The molecule has 6 nitrogen and oxygen atoms in total. The summed E-state index contributed by atoms with van der Waals surface area (Å²) >= 11 is 0. The van der Waals surface area contributed by atoms with E-state index in [1.165, 1.54) is 11.1 Å². The fourth-order valence-electron chi connectivity index (χ4n) is 3.66. The Morgan fingerprint density at radius 3 is 2.62 bits per heavy atom. The number of phenolic OH excluding ortho intramolecular Hbond substituents is 1. The van der Waals surface area contributed by atoms with Crippen LogP contribution in [0.5, 0.6) is 11.5 Å². The fourth-order valence-corrected chi connectivity index (χ4v) is 3.66. The SMILES string of the molecule is CN=C(NCc1cc(OC)ccc1O)NC1CCN(Cc2ccccc2C)CC1. The molecule has 2 aromatic rings. The maximum atomic E-state index is 10.0. The Kier molecular flexibility index (Phi) is 7.36. The molecule has 6 heteroatoms. The zero-order chi connectivity index (χ0) is 20.6. The number of guanidine groups is 1. The molecule has 1 aliphatic rings. The third-order valence-corrected chi connectivity index (χ3v) is 5.54. The second-order valence-corrected chi connectivity index (χ2v) is 7.54. The third-order valence-electron chi connectivity index (χ3n) is 5.54. The highest BCUT2D eigenvalue weighted by molar-refractivity contribution is 5.80. The van der Waals surface area contributed by atoms with E-state index in [0.29, 0.717) is 12.6 Å². The van der Waals surface area contributed by atoms with Gasteiger partial charge in [-0.2, -0.15) is 0 Å². The Morgan fingerprint density at radius 1 is 1.17 bits per heavy atom. The number of benzene rings is 2. The number of methoxy groups -OCH3 is 1. The zero-order valence-electron chi connectivity index (χ0n) is 17.6. The van der Waals surface area contributed by atoms with E-state index in [2.05, 4.69) is 51.7 Å². The predicted molar refractivity (Wildman–Crippen MR) is 117 cm³/mol. The number of hydrogen-bond acceptors (Lipinski definition) is 4. The Balaban J connectivity index is 1.47. The first-order valence-corrected chi connectivity index (χ1v) is 10.2. The van der Waals surface area contributed by atoms with E-state index in [-0.39, 0.29) is 5.75 Å². The van der Waals surface area contributed by atoms with Gasteiger partial charge in [0.15, 0.2) is 5.96 Å². The molecule has 156 valence electrons. The number of aryl methyl sites for hydroxylation is 1. The van der Waals surface area contributed by atoms with Crippen molar-refractivity contribution in [3.05, 3.63) is 59.2 Å². The molecule has 0 aliphatic carbocycles. The fraction of sp³-hybridized carbons (Fsp3) is 0.435. The molecular formula is C23H32N4O2. The zero-order valence-corrected chi connectivity index (χ0v) is 17.6. The van der Waals surface area contributed by atoms with Crippen LogP contribution < -0.4 is 15.4 Å². The van der Waals surface area contributed by atoms with Gasteiger partial charge in [0.25, 0.3) is 0 Å². The van der Waals surface area contributed by atoms with Crippen molar-refractivity contribution in [2.45, 2.75) is 38.9 Å². The molecular weight excluding hydrogens is 364 g/mol.